The van der Waals surface area contributed by atoms with Crippen LogP contribution in [0, 0.1) is 0 Å². The van der Waals surface area contributed by atoms with Crippen molar-refractivity contribution in [2.45, 2.75) is 20.0 Å². The van der Waals surface area contributed by atoms with E-state index in [4.69, 9.17) is 30.5 Å². The van der Waals surface area contributed by atoms with Gasteiger partial charge in [0.15, 0.2) is 5.75 Å². The number of para-hydroxylation sites is 1. The minimum atomic E-state index is -0.243. The number of aromatic amines is 2. The molecule has 3 aromatic heterocycles. The third-order valence-electron chi connectivity index (χ3n) is 5.51. The molecular weight excluding hydrogens is 508 g/mol. The molecule has 0 radical (unpaired) electrons. The maximum absolute atomic E-state index is 12.8. The van der Waals surface area contributed by atoms with Crippen LogP contribution in [0.15, 0.2) is 66.9 Å². The fourth-order valence-corrected chi connectivity index (χ4v) is 4.20. The van der Waals surface area contributed by atoms with Crippen LogP contribution in [-0.4, -0.2) is 54.6 Å². The topological polar surface area (TPSA) is 110 Å². The van der Waals surface area contributed by atoms with Crippen LogP contribution in [0.5, 0.6) is 11.5 Å². The zero-order chi connectivity index (χ0) is 27.5. The van der Waals surface area contributed by atoms with Crippen molar-refractivity contribution in [1.82, 2.24) is 15.0 Å². The predicted octanol–water partition coefficient (Wildman–Crippen LogP) is 5.95. The fraction of sp³-hybridized carbons (Fsp3) is 0.286. The van der Waals surface area contributed by atoms with Gasteiger partial charge in [-0.2, -0.15) is 0 Å². The van der Waals surface area contributed by atoms with Gasteiger partial charge >= 0.3 is 0 Å². The Hall–Kier alpha value is -3.79. The van der Waals surface area contributed by atoms with Crippen molar-refractivity contribution in [3.8, 4) is 22.8 Å². The Kier molecular flexibility index (Phi) is 10.8. The van der Waals surface area contributed by atoms with E-state index in [1.165, 1.54) is 0 Å². The van der Waals surface area contributed by atoms with E-state index in [0.717, 1.165) is 5.56 Å². The normalized spacial score (nSPS) is 14.5. The van der Waals surface area contributed by atoms with Crippen molar-refractivity contribution >= 4 is 33.9 Å². The second-order valence-corrected chi connectivity index (χ2v) is 8.07. The van der Waals surface area contributed by atoms with Gasteiger partial charge in [-0.15, -0.1) is 13.2 Å². The summed E-state index contributed by atoms with van der Waals surface area (Å²) in [5.41, 5.74) is 2.98. The first-order valence-corrected chi connectivity index (χ1v) is 12.6. The molecule has 0 bridgehead atoms. The van der Waals surface area contributed by atoms with Crippen LogP contribution in [0.25, 0.3) is 22.2 Å². The van der Waals surface area contributed by atoms with E-state index in [9.17, 15) is 4.79 Å². The first kappa shape index (κ1) is 28.8. The van der Waals surface area contributed by atoms with Crippen LogP contribution >= 0.6 is 11.6 Å². The maximum Gasteiger partial charge on any atom is 0.259 e. The van der Waals surface area contributed by atoms with Crippen molar-refractivity contribution in [2.75, 3.05) is 38.9 Å². The van der Waals surface area contributed by atoms with Crippen LogP contribution in [0.3, 0.4) is 0 Å². The number of nitrogens with one attached hydrogen (secondary N) is 3. The summed E-state index contributed by atoms with van der Waals surface area (Å²) < 4.78 is 22.7. The maximum atomic E-state index is 12.8. The minimum absolute atomic E-state index is 0.166. The van der Waals surface area contributed by atoms with Crippen molar-refractivity contribution in [3.63, 3.8) is 0 Å². The van der Waals surface area contributed by atoms with Crippen LogP contribution in [0.1, 0.15) is 13.8 Å². The smallest absolute Gasteiger partial charge is 0.259 e. The molecule has 202 valence electrons. The Morgan fingerprint density at radius 3 is 2.76 bits per heavy atom. The second kappa shape index (κ2) is 14.2. The first-order chi connectivity index (χ1) is 18.7. The highest BCUT2D eigenvalue weighted by Gasteiger charge is 2.22. The largest absolute Gasteiger partial charge is 0.493 e. The van der Waals surface area contributed by atoms with E-state index in [-0.39, 0.29) is 11.7 Å². The lowest BCUT2D eigenvalue weighted by Gasteiger charge is -2.23. The molecule has 1 aliphatic heterocycles. The Morgan fingerprint density at radius 1 is 1.21 bits per heavy atom. The van der Waals surface area contributed by atoms with Gasteiger partial charge in [0, 0.05) is 18.0 Å². The number of aromatic nitrogens is 3. The quantitative estimate of drug-likeness (QED) is 0.248. The van der Waals surface area contributed by atoms with Crippen molar-refractivity contribution in [3.05, 3.63) is 77.5 Å². The third kappa shape index (κ3) is 6.36. The van der Waals surface area contributed by atoms with E-state index < -0.39 is 0 Å². The number of hydrogen-bond donors (Lipinski definition) is 3. The minimum Gasteiger partial charge on any atom is -0.493 e. The van der Waals surface area contributed by atoms with Gasteiger partial charge in [0.1, 0.15) is 18.5 Å². The number of nitrogens with zero attached hydrogens (tertiary/aromatic N) is 1. The molecule has 0 unspecified atom stereocenters. The highest BCUT2D eigenvalue weighted by atomic mass is 35.5. The summed E-state index contributed by atoms with van der Waals surface area (Å²) in [6.45, 7) is 11.9. The number of pyridine rings is 2. The van der Waals surface area contributed by atoms with Gasteiger partial charge in [-0.25, -0.2) is 0 Å². The molecule has 0 aliphatic carbocycles. The number of fused-ring (bicyclic) bond motifs is 1. The van der Waals surface area contributed by atoms with E-state index >= 15 is 0 Å². The number of ether oxygens (including phenoxy) is 4. The number of halogens is 1. The molecule has 1 aromatic carbocycles. The summed E-state index contributed by atoms with van der Waals surface area (Å²) >= 11 is 6.33. The number of rotatable bonds is 7. The Morgan fingerprint density at radius 2 is 2.03 bits per heavy atom. The highest BCUT2D eigenvalue weighted by Crippen LogP contribution is 2.42. The summed E-state index contributed by atoms with van der Waals surface area (Å²) in [6, 6.07) is 9.00. The summed E-state index contributed by atoms with van der Waals surface area (Å²) in [7, 11) is 1.54. The number of H-pyrrole nitrogens is 2. The number of anilines is 2. The van der Waals surface area contributed by atoms with Crippen molar-refractivity contribution in [2.24, 2.45) is 0 Å². The van der Waals surface area contributed by atoms with Gasteiger partial charge in [0.25, 0.3) is 5.56 Å². The Balaban J connectivity index is 0.000000956. The van der Waals surface area contributed by atoms with Crippen LogP contribution in [0.4, 0.5) is 11.4 Å². The molecule has 4 heterocycles. The molecule has 3 N–H and O–H groups in total. The van der Waals surface area contributed by atoms with Gasteiger partial charge < -0.3 is 34.2 Å². The standard InChI is InChI=1S/C24H23ClN4O5.C2H6.C2H4/c1-31-23-16(25)3-2-4-18(23)29-22-20-17(6-8-27-24(20)30)28-21(22)15-5-7-26-11-19(15)34-13-14-12-32-9-10-33-14;2*1-2/h2-8,11,14,28-29H,9-10,12-13H2,1H3,(H,27,30);1-2H3;1-2H2/t14-;;/m0../s1. The molecule has 0 saturated carbocycles. The number of hydrogen-bond acceptors (Lipinski definition) is 7. The van der Waals surface area contributed by atoms with E-state index in [1.54, 1.807) is 43.9 Å². The first-order valence-electron chi connectivity index (χ1n) is 12.2. The molecule has 1 saturated heterocycles. The molecule has 0 spiro atoms. The molecule has 9 nitrogen and oxygen atoms in total. The highest BCUT2D eigenvalue weighted by molar-refractivity contribution is 6.32. The lowest BCUT2D eigenvalue weighted by Crippen LogP contribution is -2.33. The van der Waals surface area contributed by atoms with Crippen LogP contribution in [-0.2, 0) is 9.47 Å². The molecule has 0 amide bonds. The lowest BCUT2D eigenvalue weighted by atomic mass is 10.1. The van der Waals surface area contributed by atoms with E-state index in [2.05, 4.69) is 33.4 Å². The van der Waals surface area contributed by atoms with Crippen LogP contribution < -0.4 is 20.3 Å². The molecule has 1 atom stereocenters. The van der Waals surface area contributed by atoms with Gasteiger partial charge in [-0.1, -0.05) is 31.5 Å². The van der Waals surface area contributed by atoms with Crippen molar-refractivity contribution in [1.29, 1.82) is 0 Å². The van der Waals surface area contributed by atoms with Gasteiger partial charge in [-0.3, -0.25) is 9.78 Å². The summed E-state index contributed by atoms with van der Waals surface area (Å²) in [4.78, 5) is 23.1. The zero-order valence-electron chi connectivity index (χ0n) is 21.8. The molecule has 38 heavy (non-hydrogen) atoms. The lowest BCUT2D eigenvalue weighted by molar-refractivity contribution is -0.101. The van der Waals surface area contributed by atoms with E-state index in [0.29, 0.717) is 70.9 Å². The molecule has 1 fully saturated rings. The van der Waals surface area contributed by atoms with Crippen molar-refractivity contribution < 1.29 is 18.9 Å². The summed E-state index contributed by atoms with van der Waals surface area (Å²) in [5.74, 6) is 1.01. The van der Waals surface area contributed by atoms with Gasteiger partial charge in [0.2, 0.25) is 0 Å². The average molecular weight is 541 g/mol. The molecule has 5 rings (SSSR count). The Labute approximate surface area is 226 Å². The van der Waals surface area contributed by atoms with Gasteiger partial charge in [-0.05, 0) is 24.3 Å². The Bertz CT molecular complexity index is 1380. The molecule has 4 aromatic rings. The number of methoxy groups -OCH3 is 1. The third-order valence-corrected chi connectivity index (χ3v) is 5.81. The number of benzene rings is 1. The molecule has 1 aliphatic rings. The molecular formula is C28H33ClN4O5. The monoisotopic (exact) mass is 540 g/mol. The zero-order valence-corrected chi connectivity index (χ0v) is 22.6. The van der Waals surface area contributed by atoms with Crippen LogP contribution in [0.2, 0.25) is 5.02 Å². The fourth-order valence-electron chi connectivity index (χ4n) is 3.95. The summed E-state index contributed by atoms with van der Waals surface area (Å²) in [6.07, 6.45) is 4.74. The average Bonchev–Trinajstić information content (AvgIpc) is 3.34. The second-order valence-electron chi connectivity index (χ2n) is 7.67. The SMILES string of the molecule is C=C.CC.COc1c(Cl)cccc1Nc1c(-c2ccncc2OC[C@@H]2COCCO2)[nH]c2cc[nH]c(=O)c12. The predicted molar refractivity (Wildman–Crippen MR) is 152 cm³/mol. The van der Waals surface area contributed by atoms with Gasteiger partial charge in [0.05, 0.1) is 66.1 Å². The van der Waals surface area contributed by atoms with E-state index in [1.807, 2.05) is 26.0 Å². The molecule has 10 heteroatoms. The summed E-state index contributed by atoms with van der Waals surface area (Å²) in [5, 5.41) is 4.26.